The van der Waals surface area contributed by atoms with E-state index in [-0.39, 0.29) is 11.8 Å². The van der Waals surface area contributed by atoms with Crippen LogP contribution in [0.15, 0.2) is 30.6 Å². The van der Waals surface area contributed by atoms with E-state index in [1.165, 1.54) is 18.8 Å². The molecule has 0 saturated carbocycles. The van der Waals surface area contributed by atoms with Crippen LogP contribution in [0.4, 0.5) is 5.95 Å². The van der Waals surface area contributed by atoms with Gasteiger partial charge >= 0.3 is 0 Å². The molecule has 1 saturated heterocycles. The summed E-state index contributed by atoms with van der Waals surface area (Å²) in [5.74, 6) is 0.939. The molecule has 1 fully saturated rings. The predicted molar refractivity (Wildman–Crippen MR) is 126 cm³/mol. The van der Waals surface area contributed by atoms with Gasteiger partial charge in [-0.25, -0.2) is 18.4 Å². The van der Waals surface area contributed by atoms with Crippen LogP contribution >= 0.6 is 0 Å². The first-order valence-corrected chi connectivity index (χ1v) is 12.5. The number of nitrogens with one attached hydrogen (secondary N) is 1. The van der Waals surface area contributed by atoms with Gasteiger partial charge in [-0.1, -0.05) is 13.0 Å². The number of rotatable bonds is 9. The first kappa shape index (κ1) is 24.8. The maximum Gasteiger partial charge on any atom is 0.243 e. The molecule has 0 bridgehead atoms. The third kappa shape index (κ3) is 4.92. The molecule has 0 spiro atoms. The molecule has 2 atom stereocenters. The lowest BCUT2D eigenvalue weighted by molar-refractivity contribution is -0.0518. The molecule has 1 N–H and O–H groups in total. The van der Waals surface area contributed by atoms with Gasteiger partial charge in [0.2, 0.25) is 22.3 Å². The van der Waals surface area contributed by atoms with E-state index in [4.69, 9.17) is 18.9 Å². The molecule has 3 aromatic rings. The van der Waals surface area contributed by atoms with Gasteiger partial charge < -0.3 is 18.9 Å². The van der Waals surface area contributed by atoms with Crippen LogP contribution in [-0.2, 0) is 19.5 Å². The molecule has 2 aromatic heterocycles. The van der Waals surface area contributed by atoms with Crippen molar-refractivity contribution < 1.29 is 27.4 Å². The van der Waals surface area contributed by atoms with E-state index in [0.717, 1.165) is 5.56 Å². The van der Waals surface area contributed by atoms with Crippen LogP contribution < -0.4 is 14.2 Å². The quantitative estimate of drug-likeness (QED) is 0.462. The summed E-state index contributed by atoms with van der Waals surface area (Å²) in [6, 6.07) is 5.19. The van der Waals surface area contributed by atoms with Gasteiger partial charge in [0, 0.05) is 18.3 Å². The summed E-state index contributed by atoms with van der Waals surface area (Å²) < 4.78 is 53.2. The second kappa shape index (κ2) is 10.1. The molecule has 1 aliphatic rings. The number of benzene rings is 1. The van der Waals surface area contributed by atoms with Gasteiger partial charge in [-0.2, -0.15) is 0 Å². The van der Waals surface area contributed by atoms with E-state index in [1.807, 2.05) is 6.92 Å². The molecular formula is C22H28N6O6S. The number of aromatic nitrogens is 5. The molecule has 188 valence electrons. The maximum absolute atomic E-state index is 13.4. The zero-order valence-electron chi connectivity index (χ0n) is 20.1. The summed E-state index contributed by atoms with van der Waals surface area (Å²) in [6.45, 7) is 5.95. The van der Waals surface area contributed by atoms with E-state index in [0.29, 0.717) is 36.2 Å². The molecule has 0 amide bonds. The van der Waals surface area contributed by atoms with Crippen molar-refractivity contribution in [2.45, 2.75) is 38.2 Å². The fourth-order valence-electron chi connectivity index (χ4n) is 3.63. The Hall–Kier alpha value is -3.29. The lowest BCUT2D eigenvalue weighted by Gasteiger charge is -2.22. The maximum atomic E-state index is 13.4. The highest BCUT2D eigenvalue weighted by molar-refractivity contribution is 7.93. The third-order valence-corrected chi connectivity index (χ3v) is 7.64. The molecule has 3 heterocycles. The minimum Gasteiger partial charge on any atom is -0.494 e. The summed E-state index contributed by atoms with van der Waals surface area (Å²) >= 11 is 0. The highest BCUT2D eigenvalue weighted by atomic mass is 32.2. The molecule has 0 radical (unpaired) electrons. The summed E-state index contributed by atoms with van der Waals surface area (Å²) in [4.78, 5) is 8.57. The molecule has 35 heavy (non-hydrogen) atoms. The van der Waals surface area contributed by atoms with Crippen molar-refractivity contribution in [3.05, 3.63) is 47.8 Å². The largest absolute Gasteiger partial charge is 0.494 e. The van der Waals surface area contributed by atoms with Gasteiger partial charge in [0.05, 0.1) is 32.7 Å². The van der Waals surface area contributed by atoms with Crippen molar-refractivity contribution in [3.63, 3.8) is 0 Å². The average molecular weight is 505 g/mol. The van der Waals surface area contributed by atoms with E-state index in [2.05, 4.69) is 24.9 Å². The second-order valence-corrected chi connectivity index (χ2v) is 10.1. The van der Waals surface area contributed by atoms with Crippen LogP contribution in [0, 0.1) is 6.92 Å². The third-order valence-electron chi connectivity index (χ3n) is 5.78. The van der Waals surface area contributed by atoms with E-state index < -0.39 is 27.5 Å². The fourth-order valence-corrected chi connectivity index (χ4v) is 4.86. The second-order valence-electron chi connectivity index (χ2n) is 8.06. The Morgan fingerprint density at radius 3 is 2.23 bits per heavy atom. The molecule has 0 unspecified atom stereocenters. The molecule has 1 aromatic carbocycles. The van der Waals surface area contributed by atoms with E-state index in [9.17, 15) is 8.42 Å². The summed E-state index contributed by atoms with van der Waals surface area (Å²) in [5.41, 5.74) is 1.29. The number of sulfonamides is 1. The fraction of sp³-hybridized carbons (Fsp3) is 0.455. The van der Waals surface area contributed by atoms with Crippen molar-refractivity contribution in [2.75, 3.05) is 32.2 Å². The smallest absolute Gasteiger partial charge is 0.243 e. The van der Waals surface area contributed by atoms with Gasteiger partial charge in [0.1, 0.15) is 23.0 Å². The van der Waals surface area contributed by atoms with Crippen molar-refractivity contribution in [3.8, 4) is 17.2 Å². The van der Waals surface area contributed by atoms with Crippen LogP contribution in [0.3, 0.4) is 0 Å². The summed E-state index contributed by atoms with van der Waals surface area (Å²) in [7, 11) is -0.967. The number of nitrogens with zero attached hydrogens (tertiary/aromatic N) is 5. The lowest BCUT2D eigenvalue weighted by Crippen LogP contribution is -2.31. The minimum absolute atomic E-state index is 0.0641. The van der Waals surface area contributed by atoms with Gasteiger partial charge in [0.15, 0.2) is 5.82 Å². The summed E-state index contributed by atoms with van der Waals surface area (Å²) in [5, 5.41) is 7.41. The Kier molecular flexibility index (Phi) is 7.19. The number of para-hydroxylation sites is 1. The van der Waals surface area contributed by atoms with Crippen LogP contribution in [0.25, 0.3) is 5.69 Å². The number of hydrogen-bond acceptors (Lipinski definition) is 10. The van der Waals surface area contributed by atoms with Crippen molar-refractivity contribution in [2.24, 2.45) is 0 Å². The highest BCUT2D eigenvalue weighted by Gasteiger charge is 2.34. The Morgan fingerprint density at radius 1 is 1.06 bits per heavy atom. The topological polar surface area (TPSA) is 140 Å². The van der Waals surface area contributed by atoms with Gasteiger partial charge in [-0.15, -0.1) is 10.2 Å². The summed E-state index contributed by atoms with van der Waals surface area (Å²) in [6.07, 6.45) is 2.47. The lowest BCUT2D eigenvalue weighted by atomic mass is 10.1. The number of hydrogen-bond donors (Lipinski definition) is 1. The standard InChI is InChI=1S/C22H28N6O6S/c1-13-11-23-19(24-12-13)14(2)15(3)35(29,30)27-22-26-25-20(21-33-9-10-34-21)28(22)18-16(31-4)7-6-8-17(18)32-5/h6-8,11-12,14-15,21H,9-10H2,1-5H3,(H,26,27)/t14-,15-/m0/s1. The van der Waals surface area contributed by atoms with Crippen LogP contribution in [-0.4, -0.2) is 65.8 Å². The molecule has 1 aliphatic heterocycles. The Bertz CT molecular complexity index is 1250. The van der Waals surface area contributed by atoms with Crippen LogP contribution in [0.5, 0.6) is 11.5 Å². The average Bonchev–Trinajstić information content (AvgIpc) is 3.52. The predicted octanol–water partition coefficient (Wildman–Crippen LogP) is 2.36. The number of ether oxygens (including phenoxy) is 4. The van der Waals surface area contributed by atoms with Crippen LogP contribution in [0.1, 0.15) is 43.3 Å². The van der Waals surface area contributed by atoms with E-state index >= 15 is 0 Å². The minimum atomic E-state index is -3.97. The number of methoxy groups -OCH3 is 2. The van der Waals surface area contributed by atoms with Gasteiger partial charge in [-0.05, 0) is 31.5 Å². The van der Waals surface area contributed by atoms with Crippen LogP contribution in [0.2, 0.25) is 0 Å². The monoisotopic (exact) mass is 504 g/mol. The Balaban J connectivity index is 1.76. The SMILES string of the molecule is COc1cccc(OC)c1-n1c(NS(=O)(=O)[C@@H](C)[C@H](C)c2ncc(C)cn2)nnc1C1OCCO1. The highest BCUT2D eigenvalue weighted by Crippen LogP contribution is 2.38. The van der Waals surface area contributed by atoms with Crippen molar-refractivity contribution >= 4 is 16.0 Å². The Labute approximate surface area is 203 Å². The first-order valence-electron chi connectivity index (χ1n) is 11.0. The Morgan fingerprint density at radius 2 is 1.66 bits per heavy atom. The van der Waals surface area contributed by atoms with E-state index in [1.54, 1.807) is 44.4 Å². The first-order chi connectivity index (χ1) is 16.8. The van der Waals surface area contributed by atoms with Gasteiger partial charge in [0.25, 0.3) is 0 Å². The van der Waals surface area contributed by atoms with Gasteiger partial charge in [-0.3, -0.25) is 9.29 Å². The molecule has 4 rings (SSSR count). The molecule has 13 heteroatoms. The van der Waals surface area contributed by atoms with Crippen molar-refractivity contribution in [1.29, 1.82) is 0 Å². The normalized spacial score (nSPS) is 16.1. The number of aryl methyl sites for hydroxylation is 1. The molecule has 12 nitrogen and oxygen atoms in total. The van der Waals surface area contributed by atoms with Crippen molar-refractivity contribution in [1.82, 2.24) is 24.7 Å². The zero-order valence-corrected chi connectivity index (χ0v) is 20.9. The molecule has 0 aliphatic carbocycles. The molecular weight excluding hydrogens is 476 g/mol. The zero-order chi connectivity index (χ0) is 25.2. The number of anilines is 1.